The minimum Gasteiger partial charge on any atom is -0.378 e. The molecule has 0 saturated carbocycles. The van der Waals surface area contributed by atoms with Gasteiger partial charge in [-0.25, -0.2) is 0 Å². The van der Waals surface area contributed by atoms with Crippen LogP contribution in [0.5, 0.6) is 0 Å². The maximum atomic E-state index is 13.0. The average Bonchev–Trinajstić information content (AvgIpc) is 3.01. The largest absolute Gasteiger partial charge is 0.378 e. The molecule has 2 aliphatic heterocycles. The first-order valence-corrected chi connectivity index (χ1v) is 9.60. The van der Waals surface area contributed by atoms with Gasteiger partial charge in [0.05, 0.1) is 6.04 Å². The number of likely N-dealkylation sites (tertiary alicyclic amines) is 1. The minimum absolute atomic E-state index is 0.0589. The lowest BCUT2D eigenvalue weighted by Gasteiger charge is -2.40. The second kappa shape index (κ2) is 7.46. The zero-order valence-electron chi connectivity index (χ0n) is 15.8. The summed E-state index contributed by atoms with van der Waals surface area (Å²) in [5.74, 6) is -0.749. The molecule has 2 aromatic carbocycles. The van der Waals surface area contributed by atoms with Crippen LogP contribution < -0.4 is 10.2 Å². The third-order valence-corrected chi connectivity index (χ3v) is 5.42. The van der Waals surface area contributed by atoms with Gasteiger partial charge in [0.25, 0.3) is 0 Å². The van der Waals surface area contributed by atoms with E-state index in [1.54, 1.807) is 4.90 Å². The number of nitrogens with zero attached hydrogens (tertiary/aromatic N) is 2. The second-order valence-corrected chi connectivity index (χ2v) is 7.34. The molecule has 1 saturated heterocycles. The maximum absolute atomic E-state index is 13.0. The van der Waals surface area contributed by atoms with Gasteiger partial charge >= 0.3 is 0 Å². The summed E-state index contributed by atoms with van der Waals surface area (Å²) in [6.07, 6.45) is 1.13. The van der Waals surface area contributed by atoms with Crippen LogP contribution in [0.25, 0.3) is 0 Å². The summed E-state index contributed by atoms with van der Waals surface area (Å²) in [6.45, 7) is 1.81. The van der Waals surface area contributed by atoms with Gasteiger partial charge in [-0.2, -0.15) is 0 Å². The smallest absolute Gasteiger partial charge is 0.247 e. The number of rotatable bonds is 4. The van der Waals surface area contributed by atoms with Crippen LogP contribution in [0.4, 0.5) is 11.4 Å². The van der Waals surface area contributed by atoms with Crippen LogP contribution in [-0.2, 0) is 14.4 Å². The lowest BCUT2D eigenvalue weighted by Crippen LogP contribution is -2.49. The topological polar surface area (TPSA) is 69.7 Å². The fourth-order valence-electron chi connectivity index (χ4n) is 4.08. The standard InChI is InChI=1S/C22H23N3O3/c1-15-13-18(23-16-7-3-2-4-8-16)17-9-5-6-10-19(17)25(15)22(28)14-24-20(26)11-12-21(24)27/h2-10,15,18,23H,11-14H2,1H3/t15-,18+/m0/s1. The van der Waals surface area contributed by atoms with Crippen LogP contribution >= 0.6 is 0 Å². The van der Waals surface area contributed by atoms with E-state index in [0.29, 0.717) is 0 Å². The normalized spacial score (nSPS) is 21.6. The summed E-state index contributed by atoms with van der Waals surface area (Å²) < 4.78 is 0. The molecule has 4 rings (SSSR count). The van der Waals surface area contributed by atoms with Crippen LogP contribution in [0.1, 0.15) is 37.8 Å². The zero-order chi connectivity index (χ0) is 19.7. The number of benzene rings is 2. The van der Waals surface area contributed by atoms with Crippen molar-refractivity contribution in [1.29, 1.82) is 0 Å². The Bertz CT molecular complexity index is 896. The Morgan fingerprint density at radius 2 is 1.64 bits per heavy atom. The molecule has 6 heteroatoms. The molecule has 1 N–H and O–H groups in total. The van der Waals surface area contributed by atoms with Gasteiger partial charge < -0.3 is 10.2 Å². The van der Waals surface area contributed by atoms with Gasteiger partial charge in [-0.05, 0) is 37.1 Å². The van der Waals surface area contributed by atoms with Crippen molar-refractivity contribution in [2.24, 2.45) is 0 Å². The molecule has 2 atom stereocenters. The van der Waals surface area contributed by atoms with E-state index in [2.05, 4.69) is 5.32 Å². The number of carbonyl (C=O) groups excluding carboxylic acids is 3. The highest BCUT2D eigenvalue weighted by molar-refractivity contribution is 6.07. The van der Waals surface area contributed by atoms with Gasteiger partial charge in [0.15, 0.2) is 0 Å². The van der Waals surface area contributed by atoms with E-state index in [0.717, 1.165) is 28.3 Å². The lowest BCUT2D eigenvalue weighted by atomic mass is 9.91. The van der Waals surface area contributed by atoms with E-state index in [9.17, 15) is 14.4 Å². The van der Waals surface area contributed by atoms with Crippen molar-refractivity contribution < 1.29 is 14.4 Å². The zero-order valence-corrected chi connectivity index (χ0v) is 15.8. The molecule has 2 aliphatic rings. The predicted molar refractivity (Wildman–Crippen MR) is 107 cm³/mol. The number of nitrogens with one attached hydrogen (secondary N) is 1. The quantitative estimate of drug-likeness (QED) is 0.831. The van der Waals surface area contributed by atoms with E-state index in [4.69, 9.17) is 0 Å². The maximum Gasteiger partial charge on any atom is 0.247 e. The Balaban J connectivity index is 1.60. The number of fused-ring (bicyclic) bond motifs is 1. The Hall–Kier alpha value is -3.15. The van der Waals surface area contributed by atoms with Gasteiger partial charge in [-0.1, -0.05) is 36.4 Å². The monoisotopic (exact) mass is 377 g/mol. The van der Waals surface area contributed by atoms with Crippen molar-refractivity contribution in [3.05, 3.63) is 60.2 Å². The second-order valence-electron chi connectivity index (χ2n) is 7.34. The van der Waals surface area contributed by atoms with Crippen molar-refractivity contribution >= 4 is 29.1 Å². The summed E-state index contributed by atoms with van der Waals surface area (Å²) >= 11 is 0. The van der Waals surface area contributed by atoms with Gasteiger partial charge in [0, 0.05) is 30.3 Å². The summed E-state index contributed by atoms with van der Waals surface area (Å²) in [5.41, 5.74) is 2.90. The van der Waals surface area contributed by atoms with E-state index in [1.807, 2.05) is 61.5 Å². The fourth-order valence-corrected chi connectivity index (χ4v) is 4.08. The number of amides is 3. The van der Waals surface area contributed by atoms with Gasteiger partial charge in [0.1, 0.15) is 6.54 Å². The molecular weight excluding hydrogens is 354 g/mol. The van der Waals surface area contributed by atoms with E-state index in [-0.39, 0.29) is 49.2 Å². The number of hydrogen-bond donors (Lipinski definition) is 1. The SMILES string of the molecule is C[C@H]1C[C@@H](Nc2ccccc2)c2ccccc2N1C(=O)CN1C(=O)CCC1=O. The molecular formula is C22H23N3O3. The molecule has 6 nitrogen and oxygen atoms in total. The Labute approximate surface area is 164 Å². The molecule has 28 heavy (non-hydrogen) atoms. The first kappa shape index (κ1) is 18.2. The van der Waals surface area contributed by atoms with E-state index in [1.165, 1.54) is 0 Å². The summed E-state index contributed by atoms with van der Waals surface area (Å²) in [7, 11) is 0. The predicted octanol–water partition coefficient (Wildman–Crippen LogP) is 3.11. The third kappa shape index (κ3) is 3.38. The van der Waals surface area contributed by atoms with Crippen molar-refractivity contribution in [3.63, 3.8) is 0 Å². The Morgan fingerprint density at radius 1 is 1.00 bits per heavy atom. The molecule has 0 spiro atoms. The summed E-state index contributed by atoms with van der Waals surface area (Å²) in [5, 5.41) is 3.56. The first-order valence-electron chi connectivity index (χ1n) is 9.60. The molecule has 144 valence electrons. The van der Waals surface area contributed by atoms with Crippen molar-refractivity contribution in [2.75, 3.05) is 16.8 Å². The van der Waals surface area contributed by atoms with Gasteiger partial charge in [0.2, 0.25) is 17.7 Å². The molecule has 2 heterocycles. The highest BCUT2D eigenvalue weighted by Crippen LogP contribution is 2.39. The van der Waals surface area contributed by atoms with Crippen molar-refractivity contribution in [1.82, 2.24) is 4.90 Å². The average molecular weight is 377 g/mol. The third-order valence-electron chi connectivity index (χ3n) is 5.42. The minimum atomic E-state index is -0.264. The molecule has 3 amide bonds. The number of carbonyl (C=O) groups is 3. The molecule has 0 aliphatic carbocycles. The van der Waals surface area contributed by atoms with Crippen LogP contribution in [-0.4, -0.2) is 35.2 Å². The summed E-state index contributed by atoms with van der Waals surface area (Å²) in [6, 6.07) is 17.8. The van der Waals surface area contributed by atoms with Crippen LogP contribution in [0.3, 0.4) is 0 Å². The number of hydrogen-bond acceptors (Lipinski definition) is 4. The van der Waals surface area contributed by atoms with Crippen LogP contribution in [0.15, 0.2) is 54.6 Å². The molecule has 0 aromatic heterocycles. The molecule has 0 bridgehead atoms. The van der Waals surface area contributed by atoms with Crippen molar-refractivity contribution in [2.45, 2.75) is 38.3 Å². The Kier molecular flexibility index (Phi) is 4.86. The highest BCUT2D eigenvalue weighted by atomic mass is 16.2. The van der Waals surface area contributed by atoms with Gasteiger partial charge in [-0.3, -0.25) is 19.3 Å². The highest BCUT2D eigenvalue weighted by Gasteiger charge is 2.37. The summed E-state index contributed by atoms with van der Waals surface area (Å²) in [4.78, 5) is 39.7. The van der Waals surface area contributed by atoms with E-state index >= 15 is 0 Å². The van der Waals surface area contributed by atoms with Crippen LogP contribution in [0.2, 0.25) is 0 Å². The number of imide groups is 1. The number of anilines is 2. The number of para-hydroxylation sites is 2. The van der Waals surface area contributed by atoms with E-state index < -0.39 is 0 Å². The van der Waals surface area contributed by atoms with Gasteiger partial charge in [-0.15, -0.1) is 0 Å². The Morgan fingerprint density at radius 3 is 2.36 bits per heavy atom. The van der Waals surface area contributed by atoms with Crippen molar-refractivity contribution in [3.8, 4) is 0 Å². The molecule has 0 unspecified atom stereocenters. The lowest BCUT2D eigenvalue weighted by molar-refractivity contribution is -0.141. The molecule has 1 fully saturated rings. The molecule has 2 aromatic rings. The first-order chi connectivity index (χ1) is 13.5. The van der Waals surface area contributed by atoms with Crippen LogP contribution in [0, 0.1) is 0 Å². The molecule has 0 radical (unpaired) electrons. The fraction of sp³-hybridized carbons (Fsp3) is 0.318.